The first kappa shape index (κ1) is 29.0. The molecule has 1 aliphatic rings. The van der Waals surface area contributed by atoms with Crippen molar-refractivity contribution in [3.63, 3.8) is 0 Å². The fourth-order valence-corrected chi connectivity index (χ4v) is 5.03. The lowest BCUT2D eigenvalue weighted by atomic mass is 9.69. The Kier molecular flexibility index (Phi) is 9.78. The molecule has 0 bridgehead atoms. The summed E-state index contributed by atoms with van der Waals surface area (Å²) in [5.74, 6) is -0.572. The molecule has 204 valence electrons. The molecule has 0 saturated carbocycles. The van der Waals surface area contributed by atoms with E-state index >= 15 is 0 Å². The SMILES string of the molecule is CC(C)[C@@](C#N)(CCCCC(=O)N1CCC[C@@H]1C(=O)NCc1ccc(OC(F)(F)F)cc1)c1ccccc1. The maximum Gasteiger partial charge on any atom is 0.573 e. The molecule has 0 aliphatic carbocycles. The highest BCUT2D eigenvalue weighted by Crippen LogP contribution is 2.37. The summed E-state index contributed by atoms with van der Waals surface area (Å²) in [5, 5.41) is 12.8. The van der Waals surface area contributed by atoms with E-state index in [0.29, 0.717) is 44.2 Å². The third-order valence-corrected chi connectivity index (χ3v) is 7.19. The summed E-state index contributed by atoms with van der Waals surface area (Å²) in [4.78, 5) is 27.4. The molecule has 0 radical (unpaired) electrons. The monoisotopic (exact) mass is 529 g/mol. The molecule has 6 nitrogen and oxygen atoms in total. The molecule has 2 atom stereocenters. The average Bonchev–Trinajstić information content (AvgIpc) is 3.38. The lowest BCUT2D eigenvalue weighted by Gasteiger charge is -2.31. The van der Waals surface area contributed by atoms with Crippen LogP contribution in [0.4, 0.5) is 13.2 Å². The quantitative estimate of drug-likeness (QED) is 0.369. The zero-order chi connectivity index (χ0) is 27.8. The smallest absolute Gasteiger partial charge is 0.406 e. The molecule has 38 heavy (non-hydrogen) atoms. The van der Waals surface area contributed by atoms with Crippen molar-refractivity contribution in [1.82, 2.24) is 10.2 Å². The second kappa shape index (κ2) is 12.8. The van der Waals surface area contributed by atoms with Crippen LogP contribution < -0.4 is 10.1 Å². The van der Waals surface area contributed by atoms with E-state index in [-0.39, 0.29) is 30.0 Å². The molecule has 2 aromatic rings. The zero-order valence-electron chi connectivity index (χ0n) is 21.8. The molecule has 1 saturated heterocycles. The third-order valence-electron chi connectivity index (χ3n) is 7.19. The molecule has 0 unspecified atom stereocenters. The summed E-state index contributed by atoms with van der Waals surface area (Å²) in [6, 6.07) is 17.0. The first-order valence-electron chi connectivity index (χ1n) is 12.9. The largest absolute Gasteiger partial charge is 0.573 e. The molecule has 0 aromatic heterocycles. The molecule has 3 rings (SSSR count). The normalized spacial score (nSPS) is 17.1. The van der Waals surface area contributed by atoms with Crippen molar-refractivity contribution in [2.45, 2.75) is 76.7 Å². The minimum atomic E-state index is -4.76. The van der Waals surface area contributed by atoms with Crippen LogP contribution in [0.2, 0.25) is 0 Å². The van der Waals surface area contributed by atoms with Gasteiger partial charge in [0, 0.05) is 19.5 Å². The Morgan fingerprint density at radius 3 is 2.39 bits per heavy atom. The van der Waals surface area contributed by atoms with E-state index < -0.39 is 17.8 Å². The molecule has 0 spiro atoms. The van der Waals surface area contributed by atoms with Gasteiger partial charge in [-0.05, 0) is 54.9 Å². The Hall–Kier alpha value is -3.54. The minimum absolute atomic E-state index is 0.0804. The number of nitriles is 1. The van der Waals surface area contributed by atoms with Gasteiger partial charge in [-0.2, -0.15) is 5.26 Å². The van der Waals surface area contributed by atoms with Crippen LogP contribution in [0.25, 0.3) is 0 Å². The number of benzene rings is 2. The van der Waals surface area contributed by atoms with Gasteiger partial charge in [-0.3, -0.25) is 9.59 Å². The fourth-order valence-electron chi connectivity index (χ4n) is 5.03. The number of ether oxygens (including phenoxy) is 1. The summed E-state index contributed by atoms with van der Waals surface area (Å²) in [6.07, 6.45) is -1.18. The summed E-state index contributed by atoms with van der Waals surface area (Å²) in [5.41, 5.74) is 0.994. The van der Waals surface area contributed by atoms with E-state index in [0.717, 1.165) is 12.0 Å². The second-order valence-electron chi connectivity index (χ2n) is 9.97. The van der Waals surface area contributed by atoms with Crippen molar-refractivity contribution in [2.75, 3.05) is 6.54 Å². The number of rotatable bonds is 11. The number of hydrogen-bond acceptors (Lipinski definition) is 4. The topological polar surface area (TPSA) is 82.4 Å². The summed E-state index contributed by atoms with van der Waals surface area (Å²) >= 11 is 0. The van der Waals surface area contributed by atoms with Crippen molar-refractivity contribution in [3.8, 4) is 11.8 Å². The number of likely N-dealkylation sites (tertiary alicyclic amines) is 1. The molecular weight excluding hydrogens is 495 g/mol. The van der Waals surface area contributed by atoms with Crippen LogP contribution in [0.3, 0.4) is 0 Å². The Labute approximate surface area is 221 Å². The Morgan fingerprint density at radius 1 is 1.11 bits per heavy atom. The van der Waals surface area contributed by atoms with Crippen molar-refractivity contribution in [3.05, 3.63) is 65.7 Å². The van der Waals surface area contributed by atoms with Crippen LogP contribution in [-0.4, -0.2) is 35.7 Å². The number of nitrogens with one attached hydrogen (secondary N) is 1. The van der Waals surface area contributed by atoms with E-state index in [1.54, 1.807) is 4.90 Å². The first-order valence-corrected chi connectivity index (χ1v) is 12.9. The van der Waals surface area contributed by atoms with E-state index in [1.165, 1.54) is 24.3 Å². The summed E-state index contributed by atoms with van der Waals surface area (Å²) in [6.45, 7) is 4.73. The number of carbonyl (C=O) groups is 2. The highest BCUT2D eigenvalue weighted by atomic mass is 19.4. The van der Waals surface area contributed by atoms with Gasteiger partial charge in [0.1, 0.15) is 11.8 Å². The Morgan fingerprint density at radius 2 is 1.79 bits per heavy atom. The number of unbranched alkanes of at least 4 members (excludes halogenated alkanes) is 1. The molecule has 1 N–H and O–H groups in total. The van der Waals surface area contributed by atoms with E-state index in [4.69, 9.17) is 0 Å². The zero-order valence-corrected chi connectivity index (χ0v) is 21.8. The molecular formula is C29H34F3N3O3. The molecule has 2 aromatic carbocycles. The number of amides is 2. The molecule has 1 fully saturated rings. The van der Waals surface area contributed by atoms with Gasteiger partial charge in [-0.15, -0.1) is 13.2 Å². The minimum Gasteiger partial charge on any atom is -0.406 e. The van der Waals surface area contributed by atoms with Gasteiger partial charge in [-0.1, -0.05) is 62.7 Å². The maximum atomic E-state index is 13.0. The van der Waals surface area contributed by atoms with Gasteiger partial charge in [0.05, 0.1) is 11.5 Å². The van der Waals surface area contributed by atoms with Crippen molar-refractivity contribution < 1.29 is 27.5 Å². The first-order chi connectivity index (χ1) is 18.1. The summed E-state index contributed by atoms with van der Waals surface area (Å²) < 4.78 is 40.8. The maximum absolute atomic E-state index is 13.0. The van der Waals surface area contributed by atoms with Crippen LogP contribution in [0.5, 0.6) is 5.75 Å². The predicted molar refractivity (Wildman–Crippen MR) is 137 cm³/mol. The lowest BCUT2D eigenvalue weighted by Crippen LogP contribution is -2.45. The van der Waals surface area contributed by atoms with Gasteiger partial charge >= 0.3 is 6.36 Å². The Bertz CT molecular complexity index is 1110. The van der Waals surface area contributed by atoms with Crippen LogP contribution in [0, 0.1) is 17.2 Å². The molecule has 2 amide bonds. The number of nitrogens with zero attached hydrogens (tertiary/aromatic N) is 2. The summed E-state index contributed by atoms with van der Waals surface area (Å²) in [7, 11) is 0. The number of hydrogen-bond donors (Lipinski definition) is 1. The highest BCUT2D eigenvalue weighted by Gasteiger charge is 2.36. The Balaban J connectivity index is 1.49. The second-order valence-corrected chi connectivity index (χ2v) is 9.97. The number of carbonyl (C=O) groups excluding carboxylic acids is 2. The van der Waals surface area contributed by atoms with E-state index in [2.05, 4.69) is 16.1 Å². The molecule has 1 heterocycles. The van der Waals surface area contributed by atoms with E-state index in [1.807, 2.05) is 44.2 Å². The lowest BCUT2D eigenvalue weighted by molar-refractivity contribution is -0.274. The van der Waals surface area contributed by atoms with Crippen LogP contribution in [0.15, 0.2) is 54.6 Å². The highest BCUT2D eigenvalue weighted by molar-refractivity contribution is 5.88. The average molecular weight is 530 g/mol. The van der Waals surface area contributed by atoms with Gasteiger partial charge in [0.25, 0.3) is 0 Å². The van der Waals surface area contributed by atoms with Crippen LogP contribution in [0.1, 0.15) is 63.5 Å². The van der Waals surface area contributed by atoms with Gasteiger partial charge in [0.2, 0.25) is 11.8 Å². The van der Waals surface area contributed by atoms with Gasteiger partial charge in [0.15, 0.2) is 0 Å². The predicted octanol–water partition coefficient (Wildman–Crippen LogP) is 5.87. The van der Waals surface area contributed by atoms with Crippen LogP contribution in [-0.2, 0) is 21.5 Å². The third kappa shape index (κ3) is 7.50. The number of halogens is 3. The number of alkyl halides is 3. The standard InChI is InChI=1S/C29H34F3N3O3/c1-21(2)28(20-33,23-9-4-3-5-10-23)17-7-6-12-26(36)35-18-8-11-25(35)27(37)34-19-22-13-15-24(16-14-22)38-29(30,31)32/h3-5,9-10,13-16,21,25H,6-8,11-12,17-19H2,1-2H3,(H,34,37)/t25-,28+/m1/s1. The van der Waals surface area contributed by atoms with E-state index in [9.17, 15) is 28.0 Å². The van der Waals surface area contributed by atoms with Gasteiger partial charge in [-0.25, -0.2) is 0 Å². The molecule has 1 aliphatic heterocycles. The van der Waals surface area contributed by atoms with Gasteiger partial charge < -0.3 is 15.0 Å². The molecule has 9 heteroatoms. The van der Waals surface area contributed by atoms with Crippen molar-refractivity contribution >= 4 is 11.8 Å². The van der Waals surface area contributed by atoms with Crippen molar-refractivity contribution in [2.24, 2.45) is 5.92 Å². The van der Waals surface area contributed by atoms with Crippen LogP contribution >= 0.6 is 0 Å². The van der Waals surface area contributed by atoms with Crippen molar-refractivity contribution in [1.29, 1.82) is 5.26 Å². The fraction of sp³-hybridized carbons (Fsp3) is 0.483.